The lowest BCUT2D eigenvalue weighted by Gasteiger charge is -2.22. The molecule has 12 nitrogen and oxygen atoms in total. The standard InChI is InChI=1S/C21H22N10O2/c1-12(2)25-16-6-18(31-4-3-13-7-22-11-24-20(13)31)23-8-15(16)17-10-30(29-28-17)9-14-5-19(32)27-21(33)26-14/h3-4,6-8,10-12,14H,5,9H2,1-2H3,(H,23,25)(H2,26,27,32,33). The minimum Gasteiger partial charge on any atom is -0.382 e. The lowest BCUT2D eigenvalue weighted by molar-refractivity contribution is -0.121. The number of hydrogen-bond acceptors (Lipinski definition) is 8. The zero-order valence-corrected chi connectivity index (χ0v) is 18.1. The molecule has 5 heterocycles. The van der Waals surface area contributed by atoms with Crippen LogP contribution in [0.2, 0.25) is 0 Å². The van der Waals surface area contributed by atoms with Gasteiger partial charge in [-0.1, -0.05) is 5.21 Å². The van der Waals surface area contributed by atoms with Crippen molar-refractivity contribution in [2.75, 3.05) is 5.32 Å². The molecule has 1 unspecified atom stereocenters. The van der Waals surface area contributed by atoms with Crippen LogP contribution in [-0.4, -0.2) is 58.5 Å². The van der Waals surface area contributed by atoms with Crippen LogP contribution in [0.5, 0.6) is 0 Å². The molecule has 33 heavy (non-hydrogen) atoms. The Bertz CT molecular complexity index is 1330. The quantitative estimate of drug-likeness (QED) is 0.404. The summed E-state index contributed by atoms with van der Waals surface area (Å²) in [4.78, 5) is 36.2. The number of rotatable bonds is 6. The zero-order chi connectivity index (χ0) is 22.9. The highest BCUT2D eigenvalue weighted by Crippen LogP contribution is 2.29. The van der Waals surface area contributed by atoms with E-state index >= 15 is 0 Å². The Balaban J connectivity index is 1.45. The lowest BCUT2D eigenvalue weighted by Crippen LogP contribution is -2.53. The number of nitrogens with zero attached hydrogens (tertiary/aromatic N) is 7. The van der Waals surface area contributed by atoms with Gasteiger partial charge in [0.1, 0.15) is 23.5 Å². The van der Waals surface area contributed by atoms with Crippen LogP contribution in [0.3, 0.4) is 0 Å². The van der Waals surface area contributed by atoms with Gasteiger partial charge in [0, 0.05) is 53.8 Å². The van der Waals surface area contributed by atoms with Gasteiger partial charge < -0.3 is 10.6 Å². The van der Waals surface area contributed by atoms with E-state index < -0.39 is 6.03 Å². The number of fused-ring (bicyclic) bond motifs is 1. The van der Waals surface area contributed by atoms with Gasteiger partial charge in [-0.05, 0) is 19.9 Å². The Kier molecular flexibility index (Phi) is 5.17. The number of aromatic nitrogens is 7. The third-order valence-electron chi connectivity index (χ3n) is 5.17. The number of hydrogen-bond donors (Lipinski definition) is 3. The molecule has 1 atom stereocenters. The minimum atomic E-state index is -0.498. The van der Waals surface area contributed by atoms with Gasteiger partial charge >= 0.3 is 6.03 Å². The van der Waals surface area contributed by atoms with Gasteiger partial charge in [-0.2, -0.15) is 0 Å². The molecule has 1 aliphatic heterocycles. The fourth-order valence-corrected chi connectivity index (χ4v) is 3.79. The monoisotopic (exact) mass is 446 g/mol. The second kappa shape index (κ2) is 8.30. The molecule has 0 saturated carbocycles. The number of urea groups is 1. The molecule has 0 aliphatic carbocycles. The molecule has 1 fully saturated rings. The topological polar surface area (TPSA) is 145 Å². The van der Waals surface area contributed by atoms with Gasteiger partial charge in [0.15, 0.2) is 0 Å². The van der Waals surface area contributed by atoms with Crippen molar-refractivity contribution in [3.05, 3.63) is 43.2 Å². The van der Waals surface area contributed by atoms with Crippen molar-refractivity contribution in [3.8, 4) is 17.1 Å². The largest absolute Gasteiger partial charge is 0.382 e. The van der Waals surface area contributed by atoms with E-state index in [0.29, 0.717) is 18.1 Å². The van der Waals surface area contributed by atoms with Gasteiger partial charge in [0.25, 0.3) is 0 Å². The molecule has 4 aromatic rings. The van der Waals surface area contributed by atoms with Crippen molar-refractivity contribution < 1.29 is 9.59 Å². The summed E-state index contributed by atoms with van der Waals surface area (Å²) in [6.45, 7) is 4.44. The second-order valence-corrected chi connectivity index (χ2v) is 8.12. The van der Waals surface area contributed by atoms with Gasteiger partial charge in [-0.3, -0.25) is 14.7 Å². The molecule has 168 valence electrons. The maximum atomic E-state index is 11.6. The summed E-state index contributed by atoms with van der Waals surface area (Å²) in [7, 11) is 0. The maximum Gasteiger partial charge on any atom is 0.321 e. The molecule has 0 aromatic carbocycles. The van der Waals surface area contributed by atoms with E-state index in [9.17, 15) is 9.59 Å². The first-order chi connectivity index (χ1) is 16.0. The van der Waals surface area contributed by atoms with Crippen LogP contribution in [0.1, 0.15) is 20.3 Å². The molecule has 0 bridgehead atoms. The molecule has 3 amide bonds. The number of amides is 3. The lowest BCUT2D eigenvalue weighted by atomic mass is 10.1. The molecule has 1 aliphatic rings. The Morgan fingerprint density at radius 1 is 1.24 bits per heavy atom. The van der Waals surface area contributed by atoms with E-state index in [2.05, 4.69) is 55.1 Å². The number of nitrogens with one attached hydrogen (secondary N) is 3. The van der Waals surface area contributed by atoms with Crippen LogP contribution in [-0.2, 0) is 11.3 Å². The molecule has 1 saturated heterocycles. The summed E-state index contributed by atoms with van der Waals surface area (Å²) >= 11 is 0. The fourth-order valence-electron chi connectivity index (χ4n) is 3.79. The third kappa shape index (κ3) is 4.22. The molecule has 0 radical (unpaired) electrons. The van der Waals surface area contributed by atoms with Crippen molar-refractivity contribution in [2.45, 2.75) is 38.9 Å². The highest BCUT2D eigenvalue weighted by Gasteiger charge is 2.24. The summed E-state index contributed by atoms with van der Waals surface area (Å²) in [5, 5.41) is 17.8. The Hall–Kier alpha value is -4.35. The number of pyridine rings is 1. The van der Waals surface area contributed by atoms with E-state index in [1.807, 2.05) is 22.9 Å². The first kappa shape index (κ1) is 20.5. The average molecular weight is 446 g/mol. The van der Waals surface area contributed by atoms with Crippen LogP contribution in [0.25, 0.3) is 28.1 Å². The fraction of sp³-hybridized carbons (Fsp3) is 0.286. The third-order valence-corrected chi connectivity index (χ3v) is 5.17. The van der Waals surface area contributed by atoms with Gasteiger partial charge in [-0.25, -0.2) is 24.4 Å². The summed E-state index contributed by atoms with van der Waals surface area (Å²) in [6.07, 6.45) is 8.89. The SMILES string of the molecule is CC(C)Nc1cc(-n2ccc3cncnc32)ncc1-c1cn(CC2CC(=O)NC(=O)N2)nn1. The van der Waals surface area contributed by atoms with Crippen molar-refractivity contribution >= 4 is 28.7 Å². The molecule has 12 heteroatoms. The molecule has 3 N–H and O–H groups in total. The van der Waals surface area contributed by atoms with E-state index in [1.54, 1.807) is 23.3 Å². The van der Waals surface area contributed by atoms with E-state index in [1.165, 1.54) is 6.33 Å². The predicted octanol–water partition coefficient (Wildman–Crippen LogP) is 1.49. The van der Waals surface area contributed by atoms with E-state index in [0.717, 1.165) is 22.3 Å². The van der Waals surface area contributed by atoms with Crippen molar-refractivity contribution in [2.24, 2.45) is 0 Å². The normalized spacial score (nSPS) is 16.2. The summed E-state index contributed by atoms with van der Waals surface area (Å²) in [6, 6.07) is 3.22. The first-order valence-corrected chi connectivity index (χ1v) is 10.5. The summed E-state index contributed by atoms with van der Waals surface area (Å²) < 4.78 is 3.52. The van der Waals surface area contributed by atoms with Gasteiger partial charge in [0.05, 0.1) is 18.8 Å². The van der Waals surface area contributed by atoms with Crippen molar-refractivity contribution in [3.63, 3.8) is 0 Å². The van der Waals surface area contributed by atoms with Crippen molar-refractivity contribution in [1.82, 2.24) is 45.1 Å². The summed E-state index contributed by atoms with van der Waals surface area (Å²) in [5.74, 6) is 0.397. The predicted molar refractivity (Wildman–Crippen MR) is 120 cm³/mol. The number of anilines is 1. The molecular formula is C21H22N10O2. The smallest absolute Gasteiger partial charge is 0.321 e. The molecule has 4 aromatic heterocycles. The molecule has 0 spiro atoms. The van der Waals surface area contributed by atoms with Gasteiger partial charge in [0.2, 0.25) is 5.91 Å². The highest BCUT2D eigenvalue weighted by atomic mass is 16.2. The highest BCUT2D eigenvalue weighted by molar-refractivity contribution is 5.97. The van der Waals surface area contributed by atoms with Crippen molar-refractivity contribution in [1.29, 1.82) is 0 Å². The second-order valence-electron chi connectivity index (χ2n) is 8.12. The number of imide groups is 1. The van der Waals surface area contributed by atoms with Crippen LogP contribution in [0.4, 0.5) is 10.5 Å². The summed E-state index contributed by atoms with van der Waals surface area (Å²) in [5.41, 5.74) is 3.03. The Morgan fingerprint density at radius 2 is 2.12 bits per heavy atom. The number of carbonyl (C=O) groups excluding carboxylic acids is 2. The Morgan fingerprint density at radius 3 is 2.94 bits per heavy atom. The number of carbonyl (C=O) groups is 2. The van der Waals surface area contributed by atoms with Crippen LogP contribution in [0, 0.1) is 0 Å². The minimum absolute atomic E-state index is 0.175. The van der Waals surface area contributed by atoms with E-state index in [-0.39, 0.29) is 24.4 Å². The first-order valence-electron chi connectivity index (χ1n) is 10.5. The zero-order valence-electron chi connectivity index (χ0n) is 18.1. The maximum absolute atomic E-state index is 11.6. The average Bonchev–Trinajstić information content (AvgIpc) is 3.39. The van der Waals surface area contributed by atoms with Crippen LogP contribution < -0.4 is 16.0 Å². The van der Waals surface area contributed by atoms with Crippen LogP contribution in [0.15, 0.2) is 43.2 Å². The van der Waals surface area contributed by atoms with Gasteiger partial charge in [-0.15, -0.1) is 5.10 Å². The molecule has 5 rings (SSSR count). The molecular weight excluding hydrogens is 424 g/mol. The van der Waals surface area contributed by atoms with Crippen LogP contribution >= 0.6 is 0 Å². The Labute approximate surface area is 188 Å². The van der Waals surface area contributed by atoms with E-state index in [4.69, 9.17) is 0 Å².